The highest BCUT2D eigenvalue weighted by molar-refractivity contribution is 5.09. The van der Waals surface area contributed by atoms with Crippen LogP contribution in [0.5, 0.6) is 0 Å². The van der Waals surface area contributed by atoms with E-state index < -0.39 is 25.5 Å². The molecule has 174 valence electrons. The summed E-state index contributed by atoms with van der Waals surface area (Å²) >= 11 is 0. The fraction of sp³-hybridized carbons (Fsp3) is 1.00. The highest BCUT2D eigenvalue weighted by Gasteiger charge is 2.60. The molecular formula is C29H52O. The van der Waals surface area contributed by atoms with Crippen LogP contribution in [0.3, 0.4) is 0 Å². The van der Waals surface area contributed by atoms with Gasteiger partial charge in [-0.1, -0.05) is 54.2 Å². The standard InChI is InChI=1S/C29H52O/c1-7-21(19(2)3)9-8-20(4)25-12-13-26-24-11-10-22-18-23(30)14-16-28(22,5)27(24)15-17-29(25,26)6/h19-27,30H,7-18H2,1-6H3/t20-,21?,22+,23+,24+,25-,26+,27+,28+,29-/m1/s1/i2D3,3D3,19D. The molecule has 10 atom stereocenters. The third-order valence-electron chi connectivity index (χ3n) is 11.3. The maximum atomic E-state index is 10.3. The zero-order valence-corrected chi connectivity index (χ0v) is 20.1. The Morgan fingerprint density at radius 1 is 0.967 bits per heavy atom. The first kappa shape index (κ1) is 15.7. The average molecular weight is 424 g/mol. The summed E-state index contributed by atoms with van der Waals surface area (Å²) < 4.78 is 56.3. The van der Waals surface area contributed by atoms with E-state index in [9.17, 15) is 5.11 Å². The lowest BCUT2D eigenvalue weighted by Crippen LogP contribution is -2.54. The smallest absolute Gasteiger partial charge is 0.0543 e. The molecule has 30 heavy (non-hydrogen) atoms. The van der Waals surface area contributed by atoms with Gasteiger partial charge >= 0.3 is 0 Å². The summed E-state index contributed by atoms with van der Waals surface area (Å²) in [6.07, 6.45) is 12.3. The van der Waals surface area contributed by atoms with Gasteiger partial charge < -0.3 is 5.11 Å². The Morgan fingerprint density at radius 2 is 1.70 bits per heavy atom. The van der Waals surface area contributed by atoms with Crippen molar-refractivity contribution in [3.8, 4) is 0 Å². The van der Waals surface area contributed by atoms with Gasteiger partial charge in [-0.05, 0) is 122 Å². The second-order valence-electron chi connectivity index (χ2n) is 12.4. The van der Waals surface area contributed by atoms with Crippen LogP contribution in [-0.2, 0) is 0 Å². The van der Waals surface area contributed by atoms with Crippen molar-refractivity contribution in [3.63, 3.8) is 0 Å². The van der Waals surface area contributed by atoms with E-state index in [0.29, 0.717) is 41.4 Å². The van der Waals surface area contributed by atoms with Crippen molar-refractivity contribution in [1.82, 2.24) is 0 Å². The minimum Gasteiger partial charge on any atom is -0.393 e. The number of hydrogen-bond donors (Lipinski definition) is 1. The maximum absolute atomic E-state index is 10.3. The van der Waals surface area contributed by atoms with Crippen molar-refractivity contribution in [2.75, 3.05) is 0 Å². The molecule has 4 saturated carbocycles. The van der Waals surface area contributed by atoms with Gasteiger partial charge in [0.05, 0.1) is 6.10 Å². The minimum atomic E-state index is -2.84. The van der Waals surface area contributed by atoms with Crippen molar-refractivity contribution in [3.05, 3.63) is 0 Å². The first-order valence-corrected chi connectivity index (χ1v) is 13.2. The molecule has 0 aromatic carbocycles. The van der Waals surface area contributed by atoms with Gasteiger partial charge in [0.2, 0.25) is 0 Å². The van der Waals surface area contributed by atoms with Gasteiger partial charge in [0, 0.05) is 9.60 Å². The molecule has 0 heterocycles. The maximum Gasteiger partial charge on any atom is 0.0543 e. The molecular weight excluding hydrogens is 364 g/mol. The quantitative estimate of drug-likeness (QED) is 0.457. The second kappa shape index (κ2) is 8.72. The van der Waals surface area contributed by atoms with E-state index in [0.717, 1.165) is 37.0 Å². The van der Waals surface area contributed by atoms with E-state index in [1.54, 1.807) is 0 Å². The first-order chi connectivity index (χ1) is 17.0. The molecule has 0 amide bonds. The Balaban J connectivity index is 1.46. The number of fused-ring (bicyclic) bond motifs is 5. The van der Waals surface area contributed by atoms with Gasteiger partial charge in [-0.3, -0.25) is 0 Å². The largest absolute Gasteiger partial charge is 0.393 e. The molecule has 1 heteroatoms. The van der Waals surface area contributed by atoms with E-state index in [1.807, 2.05) is 6.92 Å². The molecule has 4 aliphatic carbocycles. The SMILES string of the molecule is [2H]C([2H])([2H])C([2H])(C(CC)CC[C@@H](C)[C@H]1CC[C@H]2[C@@H]3CC[C@H]4C[C@@H](O)CC[C@]4(C)[C@H]3CC[C@]12C)C([2H])([2H])[2H]. The molecule has 1 N–H and O–H groups in total. The van der Waals surface area contributed by atoms with Crippen LogP contribution in [-0.4, -0.2) is 11.2 Å². The summed E-state index contributed by atoms with van der Waals surface area (Å²) in [5.74, 6) is 0.852. The van der Waals surface area contributed by atoms with E-state index >= 15 is 0 Å². The monoisotopic (exact) mass is 423 g/mol. The molecule has 0 aromatic rings. The molecule has 1 unspecified atom stereocenters. The summed E-state index contributed by atoms with van der Waals surface area (Å²) in [6, 6.07) is 0. The van der Waals surface area contributed by atoms with E-state index in [2.05, 4.69) is 20.8 Å². The first-order valence-electron chi connectivity index (χ1n) is 16.7. The number of aliphatic hydroxyl groups is 1. The lowest BCUT2D eigenvalue weighted by Gasteiger charge is -2.61. The van der Waals surface area contributed by atoms with Crippen LogP contribution in [0.25, 0.3) is 0 Å². The fourth-order valence-electron chi connectivity index (χ4n) is 9.43. The van der Waals surface area contributed by atoms with E-state index in [-0.39, 0.29) is 6.10 Å². The lowest BCUT2D eigenvalue weighted by molar-refractivity contribution is -0.129. The van der Waals surface area contributed by atoms with Gasteiger partial charge in [0.15, 0.2) is 0 Å². The number of aliphatic hydroxyl groups excluding tert-OH is 1. The molecule has 0 aliphatic heterocycles. The molecule has 0 radical (unpaired) electrons. The molecule has 4 aliphatic rings. The Hall–Kier alpha value is -0.0400. The Kier molecular flexibility index (Phi) is 4.57. The molecule has 4 fully saturated rings. The molecule has 1 nitrogen and oxygen atoms in total. The molecule has 4 rings (SSSR count). The van der Waals surface area contributed by atoms with Crippen molar-refractivity contribution in [2.24, 2.45) is 58.1 Å². The highest BCUT2D eigenvalue weighted by atomic mass is 16.3. The van der Waals surface area contributed by atoms with Gasteiger partial charge in [-0.25, -0.2) is 0 Å². The third kappa shape index (κ3) is 3.82. The Bertz CT molecular complexity index is 795. The summed E-state index contributed by atoms with van der Waals surface area (Å²) in [6.45, 7) is 3.52. The second-order valence-corrected chi connectivity index (χ2v) is 12.4. The summed E-state index contributed by atoms with van der Waals surface area (Å²) in [7, 11) is 0. The van der Waals surface area contributed by atoms with Crippen LogP contribution in [0.15, 0.2) is 0 Å². The summed E-state index contributed by atoms with van der Waals surface area (Å²) in [4.78, 5) is 0. The third-order valence-corrected chi connectivity index (χ3v) is 11.3. The van der Waals surface area contributed by atoms with Gasteiger partial charge in [0.1, 0.15) is 0 Å². The topological polar surface area (TPSA) is 20.2 Å². The molecule has 0 aromatic heterocycles. The van der Waals surface area contributed by atoms with Crippen molar-refractivity contribution in [1.29, 1.82) is 0 Å². The van der Waals surface area contributed by atoms with Crippen molar-refractivity contribution in [2.45, 2.75) is 125 Å². The summed E-state index contributed by atoms with van der Waals surface area (Å²) in [5, 5.41) is 10.3. The van der Waals surface area contributed by atoms with Crippen LogP contribution in [0.2, 0.25) is 0 Å². The van der Waals surface area contributed by atoms with Crippen LogP contribution in [0, 0.1) is 58.1 Å². The van der Waals surface area contributed by atoms with Crippen LogP contribution in [0.4, 0.5) is 0 Å². The zero-order chi connectivity index (χ0) is 27.6. The van der Waals surface area contributed by atoms with Gasteiger partial charge in [-0.15, -0.1) is 0 Å². The minimum absolute atomic E-state index is 0.106. The molecule has 0 spiro atoms. The average Bonchev–Trinajstić information content (AvgIpc) is 3.15. The normalized spacial score (nSPS) is 52.6. The van der Waals surface area contributed by atoms with Crippen molar-refractivity contribution >= 4 is 0 Å². The lowest BCUT2D eigenvalue weighted by atomic mass is 9.44. The van der Waals surface area contributed by atoms with Crippen molar-refractivity contribution < 1.29 is 14.7 Å². The molecule has 0 bridgehead atoms. The van der Waals surface area contributed by atoms with Crippen LogP contribution in [0.1, 0.15) is 128 Å². The predicted octanol–water partition coefficient (Wildman–Crippen LogP) is 8.10. The number of hydrogen-bond acceptors (Lipinski definition) is 1. The molecule has 0 saturated heterocycles. The van der Waals surface area contributed by atoms with Crippen LogP contribution >= 0.6 is 0 Å². The number of rotatable bonds is 6. The van der Waals surface area contributed by atoms with Gasteiger partial charge in [0.25, 0.3) is 0 Å². The predicted molar refractivity (Wildman–Crippen MR) is 128 cm³/mol. The van der Waals surface area contributed by atoms with E-state index in [1.165, 1.54) is 44.9 Å². The van der Waals surface area contributed by atoms with Gasteiger partial charge in [-0.2, -0.15) is 0 Å². The highest BCUT2D eigenvalue weighted by Crippen LogP contribution is 2.68. The van der Waals surface area contributed by atoms with E-state index in [4.69, 9.17) is 9.60 Å². The Labute approximate surface area is 198 Å². The fourth-order valence-corrected chi connectivity index (χ4v) is 9.43. The summed E-state index contributed by atoms with van der Waals surface area (Å²) in [5.41, 5.74) is 0.676. The zero-order valence-electron chi connectivity index (χ0n) is 27.1. The van der Waals surface area contributed by atoms with Crippen LogP contribution < -0.4 is 0 Å². The Morgan fingerprint density at radius 3 is 2.43 bits per heavy atom.